The number of aromatic nitrogens is 2. The first kappa shape index (κ1) is 18.4. The zero-order chi connectivity index (χ0) is 19.4. The largest absolute Gasteiger partial charge is 0.471 e. The minimum atomic E-state index is -0.485. The van der Waals surface area contributed by atoms with Crippen LogP contribution in [-0.4, -0.2) is 20.6 Å². The van der Waals surface area contributed by atoms with E-state index >= 15 is 0 Å². The second-order valence-electron chi connectivity index (χ2n) is 5.68. The molecule has 3 aromatic rings. The fraction of sp³-hybridized carbons (Fsp3) is 0.111. The van der Waals surface area contributed by atoms with Gasteiger partial charge in [0.2, 0.25) is 0 Å². The molecule has 138 valence electrons. The molecule has 1 heterocycles. The van der Waals surface area contributed by atoms with Gasteiger partial charge >= 0.3 is 0 Å². The van der Waals surface area contributed by atoms with E-state index in [4.69, 9.17) is 16.3 Å². The van der Waals surface area contributed by atoms with Crippen LogP contribution in [0.1, 0.15) is 16.1 Å². The fourth-order valence-corrected chi connectivity index (χ4v) is 2.44. The maximum absolute atomic E-state index is 12.3. The molecule has 0 bridgehead atoms. The van der Waals surface area contributed by atoms with Gasteiger partial charge in [-0.1, -0.05) is 11.6 Å². The summed E-state index contributed by atoms with van der Waals surface area (Å²) in [6, 6.07) is 12.7. The molecule has 0 aliphatic carbocycles. The van der Waals surface area contributed by atoms with Crippen LogP contribution in [0.15, 0.2) is 54.7 Å². The Bertz CT molecular complexity index is 985. The number of halogens is 1. The van der Waals surface area contributed by atoms with Crippen molar-refractivity contribution in [3.63, 3.8) is 0 Å². The van der Waals surface area contributed by atoms with Gasteiger partial charge in [-0.3, -0.25) is 14.9 Å². The van der Waals surface area contributed by atoms with Gasteiger partial charge in [0.25, 0.3) is 11.6 Å². The summed E-state index contributed by atoms with van der Waals surface area (Å²) < 4.78 is 7.04. The van der Waals surface area contributed by atoms with Crippen LogP contribution in [0.3, 0.4) is 0 Å². The van der Waals surface area contributed by atoms with Gasteiger partial charge in [-0.2, -0.15) is 5.10 Å². The Labute approximate surface area is 159 Å². The molecule has 0 spiro atoms. The first-order valence-corrected chi connectivity index (χ1v) is 8.28. The molecule has 2 aromatic carbocycles. The molecule has 8 nitrogen and oxygen atoms in total. The van der Waals surface area contributed by atoms with Crippen molar-refractivity contribution in [2.24, 2.45) is 0 Å². The molecule has 0 radical (unpaired) electrons. The van der Waals surface area contributed by atoms with E-state index in [1.54, 1.807) is 43.5 Å². The van der Waals surface area contributed by atoms with E-state index in [1.807, 2.05) is 0 Å². The third-order valence-corrected chi connectivity index (χ3v) is 3.97. The van der Waals surface area contributed by atoms with Crippen LogP contribution < -0.4 is 10.1 Å². The van der Waals surface area contributed by atoms with E-state index in [2.05, 4.69) is 10.4 Å². The number of hydrogen-bond donors (Lipinski definition) is 1. The predicted octanol–water partition coefficient (Wildman–Crippen LogP) is 4.04. The lowest BCUT2D eigenvalue weighted by atomic mass is 10.1. The van der Waals surface area contributed by atoms with Gasteiger partial charge in [0.1, 0.15) is 5.75 Å². The number of ether oxygens (including phenoxy) is 1. The second-order valence-corrected chi connectivity index (χ2v) is 6.11. The third-order valence-electron chi connectivity index (χ3n) is 3.72. The average Bonchev–Trinajstić information content (AvgIpc) is 3.12. The minimum Gasteiger partial charge on any atom is -0.471 e. The number of nitro groups is 1. The number of nitrogens with zero attached hydrogens (tertiary/aromatic N) is 3. The summed E-state index contributed by atoms with van der Waals surface area (Å²) in [7, 11) is 0. The summed E-state index contributed by atoms with van der Waals surface area (Å²) in [5.41, 5.74) is 1.24. The summed E-state index contributed by atoms with van der Waals surface area (Å²) in [4.78, 5) is 22.6. The number of rotatable bonds is 6. The number of amides is 1. The zero-order valence-electron chi connectivity index (χ0n) is 14.3. The number of anilines is 1. The van der Waals surface area contributed by atoms with Gasteiger partial charge in [-0.05, 0) is 48.9 Å². The van der Waals surface area contributed by atoms with E-state index in [-0.39, 0.29) is 18.1 Å². The van der Waals surface area contributed by atoms with Gasteiger partial charge in [-0.15, -0.1) is 0 Å². The SMILES string of the molecule is Cc1cc([N+](=O)[O-])ccc1NC(=O)c1ccn(COc2ccc(Cl)cc2)n1. The van der Waals surface area contributed by atoms with Crippen molar-refractivity contribution in [3.05, 3.63) is 81.1 Å². The van der Waals surface area contributed by atoms with E-state index < -0.39 is 10.8 Å². The summed E-state index contributed by atoms with van der Waals surface area (Å²) in [6.45, 7) is 1.81. The van der Waals surface area contributed by atoms with Crippen LogP contribution in [0, 0.1) is 17.0 Å². The minimum absolute atomic E-state index is 0.0332. The molecule has 0 aliphatic heterocycles. The average molecular weight is 387 g/mol. The molecule has 0 saturated carbocycles. The van der Waals surface area contributed by atoms with Crippen LogP contribution in [0.25, 0.3) is 0 Å². The highest BCUT2D eigenvalue weighted by molar-refractivity contribution is 6.30. The number of nitrogens with one attached hydrogen (secondary N) is 1. The van der Waals surface area contributed by atoms with Crippen molar-refractivity contribution in [2.45, 2.75) is 13.7 Å². The highest BCUT2D eigenvalue weighted by atomic mass is 35.5. The molecular weight excluding hydrogens is 372 g/mol. The normalized spacial score (nSPS) is 10.4. The Kier molecular flexibility index (Phi) is 5.37. The lowest BCUT2D eigenvalue weighted by Crippen LogP contribution is -2.15. The summed E-state index contributed by atoms with van der Waals surface area (Å²) in [5, 5.41) is 18.2. The van der Waals surface area contributed by atoms with Crippen molar-refractivity contribution >= 4 is 28.9 Å². The third kappa shape index (κ3) is 4.62. The van der Waals surface area contributed by atoms with E-state index in [9.17, 15) is 14.9 Å². The molecule has 0 fully saturated rings. The van der Waals surface area contributed by atoms with Gasteiger partial charge < -0.3 is 10.1 Å². The van der Waals surface area contributed by atoms with E-state index in [0.717, 1.165) is 0 Å². The summed E-state index contributed by atoms with van der Waals surface area (Å²) in [5.74, 6) is 0.208. The van der Waals surface area contributed by atoms with Gasteiger partial charge in [-0.25, -0.2) is 4.68 Å². The van der Waals surface area contributed by atoms with Crippen LogP contribution in [-0.2, 0) is 6.73 Å². The molecule has 3 rings (SSSR count). The first-order chi connectivity index (χ1) is 12.9. The van der Waals surface area contributed by atoms with Crippen molar-refractivity contribution < 1.29 is 14.5 Å². The smallest absolute Gasteiger partial charge is 0.276 e. The number of nitro benzene ring substituents is 1. The number of non-ortho nitro benzene ring substituents is 1. The molecule has 27 heavy (non-hydrogen) atoms. The zero-order valence-corrected chi connectivity index (χ0v) is 15.0. The lowest BCUT2D eigenvalue weighted by molar-refractivity contribution is -0.384. The molecule has 1 N–H and O–H groups in total. The quantitative estimate of drug-likeness (QED) is 0.509. The first-order valence-electron chi connectivity index (χ1n) is 7.90. The highest BCUT2D eigenvalue weighted by Gasteiger charge is 2.13. The monoisotopic (exact) mass is 386 g/mol. The molecule has 1 aromatic heterocycles. The lowest BCUT2D eigenvalue weighted by Gasteiger charge is -2.07. The van der Waals surface area contributed by atoms with Crippen molar-refractivity contribution in [3.8, 4) is 5.75 Å². The molecule has 0 aliphatic rings. The number of aryl methyl sites for hydroxylation is 1. The summed E-state index contributed by atoms with van der Waals surface area (Å²) >= 11 is 5.82. The fourth-order valence-electron chi connectivity index (χ4n) is 2.31. The van der Waals surface area contributed by atoms with E-state index in [1.165, 1.54) is 22.9 Å². The van der Waals surface area contributed by atoms with Gasteiger partial charge in [0.05, 0.1) is 4.92 Å². The Morgan fingerprint density at radius 1 is 1.26 bits per heavy atom. The second kappa shape index (κ2) is 7.88. The number of benzene rings is 2. The van der Waals surface area contributed by atoms with Crippen LogP contribution in [0.5, 0.6) is 5.75 Å². The van der Waals surface area contributed by atoms with Crippen LogP contribution in [0.4, 0.5) is 11.4 Å². The Balaban J connectivity index is 1.63. The molecule has 0 atom stereocenters. The highest BCUT2D eigenvalue weighted by Crippen LogP contribution is 2.21. The van der Waals surface area contributed by atoms with E-state index in [0.29, 0.717) is 22.0 Å². The Morgan fingerprint density at radius 2 is 2.00 bits per heavy atom. The van der Waals surface area contributed by atoms with Gasteiger partial charge in [0.15, 0.2) is 12.4 Å². The predicted molar refractivity (Wildman–Crippen MR) is 100 cm³/mol. The van der Waals surface area contributed by atoms with Crippen LogP contribution >= 0.6 is 11.6 Å². The Morgan fingerprint density at radius 3 is 2.67 bits per heavy atom. The Hall–Kier alpha value is -3.39. The number of carbonyl (C=O) groups excluding carboxylic acids is 1. The maximum Gasteiger partial charge on any atom is 0.276 e. The topological polar surface area (TPSA) is 99.3 Å². The molecule has 9 heteroatoms. The molecule has 0 unspecified atom stereocenters. The van der Waals surface area contributed by atoms with Crippen molar-refractivity contribution in [1.29, 1.82) is 0 Å². The number of carbonyl (C=O) groups is 1. The van der Waals surface area contributed by atoms with Gasteiger partial charge in [0, 0.05) is 29.0 Å². The van der Waals surface area contributed by atoms with Crippen molar-refractivity contribution in [2.75, 3.05) is 5.32 Å². The molecule has 0 saturated heterocycles. The maximum atomic E-state index is 12.3. The summed E-state index contributed by atoms with van der Waals surface area (Å²) in [6.07, 6.45) is 1.62. The van der Waals surface area contributed by atoms with Crippen LogP contribution in [0.2, 0.25) is 5.02 Å². The number of hydrogen-bond acceptors (Lipinski definition) is 5. The van der Waals surface area contributed by atoms with Crippen molar-refractivity contribution in [1.82, 2.24) is 9.78 Å². The molecule has 1 amide bonds. The molecular formula is C18H15ClN4O4. The standard InChI is InChI=1S/C18H15ClN4O4/c1-12-10-14(23(25)26)4-7-16(12)20-18(24)17-8-9-22(21-17)11-27-15-5-2-13(19)3-6-15/h2-10H,11H2,1H3,(H,20,24).